The van der Waals surface area contributed by atoms with E-state index in [1.807, 2.05) is 7.05 Å². The molecule has 3 rings (SSSR count). The normalized spacial score (nSPS) is 19.8. The van der Waals surface area contributed by atoms with E-state index in [1.54, 1.807) is 0 Å². The molecule has 0 aliphatic carbocycles. The van der Waals surface area contributed by atoms with E-state index < -0.39 is 0 Å². The van der Waals surface area contributed by atoms with Crippen LogP contribution in [0.4, 0.5) is 0 Å². The van der Waals surface area contributed by atoms with E-state index in [4.69, 9.17) is 0 Å². The second kappa shape index (κ2) is 11.4. The number of guanidine groups is 1. The van der Waals surface area contributed by atoms with Crippen LogP contribution in [0.25, 0.3) is 0 Å². The smallest absolute Gasteiger partial charge is 0.193 e. The van der Waals surface area contributed by atoms with Gasteiger partial charge in [-0.05, 0) is 46.8 Å². The van der Waals surface area contributed by atoms with Gasteiger partial charge in [0, 0.05) is 63.2 Å². The maximum atomic E-state index is 4.48. The Bertz CT molecular complexity index is 792. The van der Waals surface area contributed by atoms with Crippen LogP contribution in [0, 0.1) is 5.92 Å². The SMILES string of the molecule is CN=C(NCC1CC(C)N(Cc2ccccc2)C1)N(C)Cc1cc(Br)cn1C.I. The molecule has 2 aromatic rings. The number of halogens is 2. The summed E-state index contributed by atoms with van der Waals surface area (Å²) in [5, 5.41) is 3.59. The van der Waals surface area contributed by atoms with E-state index >= 15 is 0 Å². The Morgan fingerprint density at radius 1 is 1.31 bits per heavy atom. The molecule has 1 aromatic carbocycles. The van der Waals surface area contributed by atoms with Gasteiger partial charge in [0.1, 0.15) is 0 Å². The Morgan fingerprint density at radius 2 is 2.03 bits per heavy atom. The van der Waals surface area contributed by atoms with Gasteiger partial charge in [-0.15, -0.1) is 24.0 Å². The molecule has 0 saturated carbocycles. The topological polar surface area (TPSA) is 35.8 Å². The molecule has 1 aliphatic heterocycles. The average Bonchev–Trinajstić information content (AvgIpc) is 3.17. The van der Waals surface area contributed by atoms with Crippen molar-refractivity contribution in [3.63, 3.8) is 0 Å². The van der Waals surface area contributed by atoms with Crippen LogP contribution in [-0.2, 0) is 20.1 Å². The number of aliphatic imine (C=N–C) groups is 1. The Hall–Kier alpha value is -1.06. The fourth-order valence-corrected chi connectivity index (χ4v) is 4.64. The number of nitrogens with one attached hydrogen (secondary N) is 1. The van der Waals surface area contributed by atoms with Crippen molar-refractivity contribution in [1.29, 1.82) is 0 Å². The summed E-state index contributed by atoms with van der Waals surface area (Å²) in [5.74, 6) is 1.60. The Balaban J connectivity index is 0.00000300. The summed E-state index contributed by atoms with van der Waals surface area (Å²) in [5.41, 5.74) is 2.65. The molecule has 160 valence electrons. The van der Waals surface area contributed by atoms with Gasteiger partial charge < -0.3 is 14.8 Å². The van der Waals surface area contributed by atoms with Crippen LogP contribution in [0.2, 0.25) is 0 Å². The molecule has 1 aromatic heterocycles. The molecule has 0 amide bonds. The predicted molar refractivity (Wildman–Crippen MR) is 136 cm³/mol. The van der Waals surface area contributed by atoms with E-state index in [0.717, 1.165) is 36.6 Å². The summed E-state index contributed by atoms with van der Waals surface area (Å²) in [4.78, 5) is 9.26. The minimum Gasteiger partial charge on any atom is -0.356 e. The number of benzene rings is 1. The van der Waals surface area contributed by atoms with E-state index in [9.17, 15) is 0 Å². The zero-order valence-corrected chi connectivity index (χ0v) is 21.7. The minimum absolute atomic E-state index is 0. The van der Waals surface area contributed by atoms with Crippen LogP contribution in [-0.4, -0.2) is 53.6 Å². The highest BCUT2D eigenvalue weighted by atomic mass is 127. The van der Waals surface area contributed by atoms with Gasteiger partial charge in [0.25, 0.3) is 0 Å². The van der Waals surface area contributed by atoms with Gasteiger partial charge in [-0.3, -0.25) is 9.89 Å². The molecule has 1 fully saturated rings. The second-order valence-corrected chi connectivity index (χ2v) is 8.83. The third-order valence-corrected chi connectivity index (χ3v) is 6.05. The van der Waals surface area contributed by atoms with Crippen LogP contribution in [0.5, 0.6) is 0 Å². The van der Waals surface area contributed by atoms with Crippen molar-refractivity contribution in [2.45, 2.75) is 32.5 Å². The van der Waals surface area contributed by atoms with E-state index in [1.165, 1.54) is 17.7 Å². The van der Waals surface area contributed by atoms with Crippen molar-refractivity contribution in [2.24, 2.45) is 18.0 Å². The van der Waals surface area contributed by atoms with E-state index in [2.05, 4.69) is 104 Å². The first kappa shape index (κ1) is 24.2. The van der Waals surface area contributed by atoms with Crippen molar-refractivity contribution >= 4 is 45.9 Å². The van der Waals surface area contributed by atoms with E-state index in [0.29, 0.717) is 12.0 Å². The van der Waals surface area contributed by atoms with Crippen LogP contribution < -0.4 is 5.32 Å². The first-order valence-corrected chi connectivity index (χ1v) is 10.8. The fourth-order valence-electron chi connectivity index (χ4n) is 4.07. The van der Waals surface area contributed by atoms with Crippen molar-refractivity contribution in [1.82, 2.24) is 19.7 Å². The molecule has 2 heterocycles. The standard InChI is InChI=1S/C22H32BrN5.HI/c1-17-10-19(14-28(17)13-18-8-6-5-7-9-18)12-25-22(24-2)27(4)16-21-11-20(23)15-26(21)3;/h5-9,11,15,17,19H,10,12-14,16H2,1-4H3,(H,24,25);1H. The van der Waals surface area contributed by atoms with Crippen molar-refractivity contribution in [2.75, 3.05) is 27.2 Å². The third kappa shape index (κ3) is 6.72. The number of aryl methyl sites for hydroxylation is 1. The van der Waals surface area contributed by atoms with Gasteiger partial charge in [0.05, 0.1) is 6.54 Å². The number of likely N-dealkylation sites (tertiary alicyclic amines) is 1. The summed E-state index contributed by atoms with van der Waals surface area (Å²) in [7, 11) is 6.03. The van der Waals surface area contributed by atoms with Crippen LogP contribution in [0.15, 0.2) is 52.1 Å². The summed E-state index contributed by atoms with van der Waals surface area (Å²) >= 11 is 3.55. The first-order chi connectivity index (χ1) is 13.5. The number of aromatic nitrogens is 1. The maximum absolute atomic E-state index is 4.48. The fraction of sp³-hybridized carbons (Fsp3) is 0.500. The van der Waals surface area contributed by atoms with Gasteiger partial charge in [-0.2, -0.15) is 0 Å². The van der Waals surface area contributed by atoms with E-state index in [-0.39, 0.29) is 24.0 Å². The predicted octanol–water partition coefficient (Wildman–Crippen LogP) is 4.32. The minimum atomic E-state index is 0. The summed E-state index contributed by atoms with van der Waals surface area (Å²) in [6.45, 7) is 6.30. The molecule has 1 saturated heterocycles. The number of rotatable bonds is 6. The zero-order chi connectivity index (χ0) is 20.1. The first-order valence-electron chi connectivity index (χ1n) is 9.96. The van der Waals surface area contributed by atoms with Crippen molar-refractivity contribution < 1.29 is 0 Å². The Morgan fingerprint density at radius 3 is 2.66 bits per heavy atom. The highest BCUT2D eigenvalue weighted by Gasteiger charge is 2.29. The summed E-state index contributed by atoms with van der Waals surface area (Å²) in [6, 6.07) is 13.5. The Labute approximate surface area is 200 Å². The monoisotopic (exact) mass is 573 g/mol. The highest BCUT2D eigenvalue weighted by molar-refractivity contribution is 14.0. The lowest BCUT2D eigenvalue weighted by atomic mass is 10.1. The molecule has 1 aliphatic rings. The molecular weight excluding hydrogens is 541 g/mol. The lowest BCUT2D eigenvalue weighted by Gasteiger charge is -2.24. The molecule has 2 unspecified atom stereocenters. The molecule has 0 bridgehead atoms. The maximum Gasteiger partial charge on any atom is 0.193 e. The van der Waals surface area contributed by atoms with Gasteiger partial charge in [-0.25, -0.2) is 0 Å². The lowest BCUT2D eigenvalue weighted by Crippen LogP contribution is -2.41. The zero-order valence-electron chi connectivity index (χ0n) is 17.8. The number of hydrogen-bond donors (Lipinski definition) is 1. The quantitative estimate of drug-likeness (QED) is 0.317. The molecule has 5 nitrogen and oxygen atoms in total. The van der Waals surface area contributed by atoms with Gasteiger partial charge >= 0.3 is 0 Å². The highest BCUT2D eigenvalue weighted by Crippen LogP contribution is 2.24. The molecular formula is C22H33BrIN5. The molecule has 7 heteroatoms. The summed E-state index contributed by atoms with van der Waals surface area (Å²) in [6.07, 6.45) is 3.31. The lowest BCUT2D eigenvalue weighted by molar-refractivity contribution is 0.255. The van der Waals surface area contributed by atoms with Gasteiger partial charge in [-0.1, -0.05) is 30.3 Å². The molecule has 0 spiro atoms. The number of nitrogens with zero attached hydrogens (tertiary/aromatic N) is 4. The second-order valence-electron chi connectivity index (χ2n) is 7.91. The van der Waals surface area contributed by atoms with Gasteiger partial charge in [0.2, 0.25) is 0 Å². The average molecular weight is 574 g/mol. The molecule has 1 N–H and O–H groups in total. The van der Waals surface area contributed by atoms with Gasteiger partial charge in [0.15, 0.2) is 5.96 Å². The molecule has 0 radical (unpaired) electrons. The number of hydrogen-bond acceptors (Lipinski definition) is 2. The Kier molecular flexibility index (Phi) is 9.49. The molecule has 29 heavy (non-hydrogen) atoms. The van der Waals surface area contributed by atoms with Crippen LogP contribution >= 0.6 is 39.9 Å². The third-order valence-electron chi connectivity index (χ3n) is 5.61. The largest absolute Gasteiger partial charge is 0.356 e. The van der Waals surface area contributed by atoms with Crippen molar-refractivity contribution in [3.8, 4) is 0 Å². The summed E-state index contributed by atoms with van der Waals surface area (Å²) < 4.78 is 3.26. The van der Waals surface area contributed by atoms with Crippen LogP contribution in [0.3, 0.4) is 0 Å². The van der Waals surface area contributed by atoms with Crippen molar-refractivity contribution in [3.05, 3.63) is 58.3 Å². The molecule has 2 atom stereocenters. The van der Waals surface area contributed by atoms with Crippen LogP contribution in [0.1, 0.15) is 24.6 Å².